The summed E-state index contributed by atoms with van der Waals surface area (Å²) in [5, 5.41) is 0. The van der Waals surface area contributed by atoms with Crippen molar-refractivity contribution in [1.29, 1.82) is 0 Å². The average Bonchev–Trinajstić information content (AvgIpc) is 2.31. The van der Waals surface area contributed by atoms with Crippen molar-refractivity contribution < 1.29 is 35.9 Å². The van der Waals surface area contributed by atoms with Gasteiger partial charge in [-0.3, -0.25) is 9.69 Å². The summed E-state index contributed by atoms with van der Waals surface area (Å²) in [4.78, 5) is 15.6. The molecule has 21 heavy (non-hydrogen) atoms. The van der Waals surface area contributed by atoms with Crippen LogP contribution in [0.4, 0.5) is 32.0 Å². The SMILES string of the molecule is O=C1C(CC(F)(F)F)Oc2ncccc2N1CC(F)(F)F. The van der Waals surface area contributed by atoms with E-state index in [9.17, 15) is 31.1 Å². The molecule has 1 amide bonds. The molecule has 1 aliphatic heterocycles. The lowest BCUT2D eigenvalue weighted by Crippen LogP contribution is -2.50. The number of nitrogens with zero attached hydrogens (tertiary/aromatic N) is 2. The van der Waals surface area contributed by atoms with Crippen LogP contribution in [0.3, 0.4) is 0 Å². The van der Waals surface area contributed by atoms with Gasteiger partial charge in [0.1, 0.15) is 12.2 Å². The third-order valence-electron chi connectivity index (χ3n) is 2.59. The second kappa shape index (κ2) is 5.08. The van der Waals surface area contributed by atoms with Crippen LogP contribution in [0.25, 0.3) is 0 Å². The summed E-state index contributed by atoms with van der Waals surface area (Å²) >= 11 is 0. The quantitative estimate of drug-likeness (QED) is 0.788. The fourth-order valence-electron chi connectivity index (χ4n) is 1.84. The second-order valence-corrected chi connectivity index (χ2v) is 4.29. The van der Waals surface area contributed by atoms with Gasteiger partial charge in [0, 0.05) is 6.20 Å². The minimum absolute atomic E-state index is 0.211. The van der Waals surface area contributed by atoms with Gasteiger partial charge in [0.05, 0.1) is 6.42 Å². The van der Waals surface area contributed by atoms with E-state index in [0.717, 1.165) is 12.3 Å². The number of ether oxygens (including phenoxy) is 1. The van der Waals surface area contributed by atoms with Crippen molar-refractivity contribution in [2.24, 2.45) is 0 Å². The lowest BCUT2D eigenvalue weighted by Gasteiger charge is -2.34. The number of carbonyl (C=O) groups excluding carboxylic acids is 1. The molecule has 0 spiro atoms. The normalized spacial score (nSPS) is 19.2. The van der Waals surface area contributed by atoms with Crippen LogP contribution in [0.2, 0.25) is 0 Å². The number of rotatable bonds is 2. The molecule has 0 fully saturated rings. The Morgan fingerprint density at radius 3 is 2.43 bits per heavy atom. The van der Waals surface area contributed by atoms with Crippen molar-refractivity contribution in [1.82, 2.24) is 4.98 Å². The van der Waals surface area contributed by atoms with Crippen LogP contribution in [0, 0.1) is 0 Å². The number of fused-ring (bicyclic) bond motifs is 1. The number of aromatic nitrogens is 1. The molecule has 1 unspecified atom stereocenters. The van der Waals surface area contributed by atoms with Crippen LogP contribution in [-0.4, -0.2) is 35.9 Å². The van der Waals surface area contributed by atoms with E-state index in [1.807, 2.05) is 0 Å². The van der Waals surface area contributed by atoms with Crippen LogP contribution in [0.5, 0.6) is 5.88 Å². The molecule has 0 saturated carbocycles. The highest BCUT2D eigenvalue weighted by atomic mass is 19.4. The van der Waals surface area contributed by atoms with Crippen LogP contribution in [0.1, 0.15) is 6.42 Å². The number of hydrogen-bond donors (Lipinski definition) is 0. The molecule has 116 valence electrons. The molecule has 1 aromatic rings. The summed E-state index contributed by atoms with van der Waals surface area (Å²) in [7, 11) is 0. The van der Waals surface area contributed by atoms with Crippen LogP contribution < -0.4 is 9.64 Å². The smallest absolute Gasteiger partial charge is 0.406 e. The number of alkyl halides is 6. The monoisotopic (exact) mass is 314 g/mol. The Kier molecular flexibility index (Phi) is 3.72. The molecule has 1 aliphatic rings. The van der Waals surface area contributed by atoms with Crippen molar-refractivity contribution >= 4 is 11.6 Å². The Bertz CT molecular complexity index is 542. The van der Waals surface area contributed by atoms with Crippen molar-refractivity contribution in [3.63, 3.8) is 0 Å². The van der Waals surface area contributed by atoms with Gasteiger partial charge in [-0.1, -0.05) is 0 Å². The molecular formula is C11H8F6N2O2. The van der Waals surface area contributed by atoms with Crippen LogP contribution >= 0.6 is 0 Å². The number of carbonyl (C=O) groups is 1. The molecule has 4 nitrogen and oxygen atoms in total. The lowest BCUT2D eigenvalue weighted by atomic mass is 10.1. The van der Waals surface area contributed by atoms with E-state index in [1.165, 1.54) is 6.07 Å². The van der Waals surface area contributed by atoms with E-state index in [4.69, 9.17) is 4.74 Å². The van der Waals surface area contributed by atoms with Crippen LogP contribution in [-0.2, 0) is 4.79 Å². The predicted octanol–water partition coefficient (Wildman–Crippen LogP) is 2.69. The molecule has 2 rings (SSSR count). The zero-order valence-electron chi connectivity index (χ0n) is 10.2. The summed E-state index contributed by atoms with van der Waals surface area (Å²) in [5.74, 6) is -1.83. The van der Waals surface area contributed by atoms with Gasteiger partial charge in [0.2, 0.25) is 5.88 Å². The zero-order valence-corrected chi connectivity index (χ0v) is 10.2. The minimum Gasteiger partial charge on any atom is -0.462 e. The molecule has 2 heterocycles. The molecule has 0 aliphatic carbocycles. The highest BCUT2D eigenvalue weighted by Gasteiger charge is 2.45. The lowest BCUT2D eigenvalue weighted by molar-refractivity contribution is -0.162. The fourth-order valence-corrected chi connectivity index (χ4v) is 1.84. The van der Waals surface area contributed by atoms with Crippen molar-refractivity contribution in [2.45, 2.75) is 24.9 Å². The summed E-state index contributed by atoms with van der Waals surface area (Å²) in [6.45, 7) is -1.71. The molecule has 0 radical (unpaired) electrons. The topological polar surface area (TPSA) is 42.4 Å². The molecule has 0 aromatic carbocycles. The Labute approximate surface area is 114 Å². The number of halogens is 6. The van der Waals surface area contributed by atoms with E-state index in [2.05, 4.69) is 4.98 Å². The van der Waals surface area contributed by atoms with Gasteiger partial charge in [-0.25, -0.2) is 4.98 Å². The first-order valence-corrected chi connectivity index (χ1v) is 5.63. The first-order valence-electron chi connectivity index (χ1n) is 5.63. The Morgan fingerprint density at radius 1 is 1.19 bits per heavy atom. The average molecular weight is 314 g/mol. The molecule has 0 N–H and O–H groups in total. The summed E-state index contributed by atoms with van der Waals surface area (Å²) in [5.41, 5.74) is -0.307. The number of pyridine rings is 1. The Balaban J connectivity index is 2.35. The Morgan fingerprint density at radius 2 is 1.86 bits per heavy atom. The maximum Gasteiger partial charge on any atom is 0.406 e. The van der Waals surface area contributed by atoms with Gasteiger partial charge >= 0.3 is 12.4 Å². The van der Waals surface area contributed by atoms with E-state index < -0.39 is 43.2 Å². The number of hydrogen-bond acceptors (Lipinski definition) is 3. The number of amides is 1. The van der Waals surface area contributed by atoms with Gasteiger partial charge in [0.15, 0.2) is 6.10 Å². The van der Waals surface area contributed by atoms with Gasteiger partial charge in [-0.2, -0.15) is 26.3 Å². The van der Waals surface area contributed by atoms with E-state index in [1.54, 1.807) is 0 Å². The molecule has 1 aromatic heterocycles. The maximum atomic E-state index is 12.5. The van der Waals surface area contributed by atoms with Crippen molar-refractivity contribution in [3.05, 3.63) is 18.3 Å². The molecule has 0 saturated heterocycles. The van der Waals surface area contributed by atoms with E-state index >= 15 is 0 Å². The van der Waals surface area contributed by atoms with Crippen molar-refractivity contribution in [2.75, 3.05) is 11.4 Å². The number of anilines is 1. The van der Waals surface area contributed by atoms with Crippen LogP contribution in [0.15, 0.2) is 18.3 Å². The van der Waals surface area contributed by atoms with Gasteiger partial charge in [-0.15, -0.1) is 0 Å². The van der Waals surface area contributed by atoms with E-state index in [0.29, 0.717) is 0 Å². The first-order chi connectivity index (χ1) is 9.57. The fraction of sp³-hybridized carbons (Fsp3) is 0.455. The standard InChI is InChI=1S/C11H8F6N2O2/c12-10(13,14)4-7-9(20)19(5-11(15,16)17)6-2-1-3-18-8(6)21-7/h1-3,7H,4-5H2. The predicted molar refractivity (Wildman–Crippen MR) is 57.7 cm³/mol. The third kappa shape index (κ3) is 3.76. The molecule has 0 bridgehead atoms. The minimum atomic E-state index is -4.76. The van der Waals surface area contributed by atoms with Gasteiger partial charge < -0.3 is 4.74 Å². The molecule has 10 heteroatoms. The Hall–Kier alpha value is -2.00. The first kappa shape index (κ1) is 15.4. The molecule has 1 atom stereocenters. The summed E-state index contributed by atoms with van der Waals surface area (Å²) < 4.78 is 79.3. The molecular weight excluding hydrogens is 306 g/mol. The zero-order chi connectivity index (χ0) is 15.8. The third-order valence-corrected chi connectivity index (χ3v) is 2.59. The van der Waals surface area contributed by atoms with E-state index in [-0.39, 0.29) is 10.6 Å². The summed E-state index contributed by atoms with van der Waals surface area (Å²) in [6, 6.07) is 2.37. The summed E-state index contributed by atoms with van der Waals surface area (Å²) in [6.07, 6.45) is -12.1. The highest BCUT2D eigenvalue weighted by Crippen LogP contribution is 2.36. The maximum absolute atomic E-state index is 12.5. The van der Waals surface area contributed by atoms with Gasteiger partial charge in [0.25, 0.3) is 5.91 Å². The van der Waals surface area contributed by atoms with Gasteiger partial charge in [-0.05, 0) is 12.1 Å². The highest BCUT2D eigenvalue weighted by molar-refractivity contribution is 5.99. The largest absolute Gasteiger partial charge is 0.462 e. The second-order valence-electron chi connectivity index (χ2n) is 4.29. The van der Waals surface area contributed by atoms with Crippen molar-refractivity contribution in [3.8, 4) is 5.88 Å².